The molecule has 0 fully saturated rings. The number of benzene rings is 1. The molecule has 1 heterocycles. The summed E-state index contributed by atoms with van der Waals surface area (Å²) in [6, 6.07) is 3.83. The second kappa shape index (κ2) is 8.01. The van der Waals surface area contributed by atoms with Crippen molar-refractivity contribution in [1.29, 1.82) is 5.41 Å². The zero-order valence-corrected chi connectivity index (χ0v) is 15.1. The van der Waals surface area contributed by atoms with Crippen molar-refractivity contribution >= 4 is 46.1 Å². The largest absolute Gasteiger partial charge is 0.480 e. The quantitative estimate of drug-likeness (QED) is 0.347. The van der Waals surface area contributed by atoms with Gasteiger partial charge in [-0.1, -0.05) is 19.9 Å². The summed E-state index contributed by atoms with van der Waals surface area (Å²) in [5.74, 6) is -1.79. The van der Waals surface area contributed by atoms with Crippen LogP contribution < -0.4 is 15.5 Å². The van der Waals surface area contributed by atoms with Gasteiger partial charge in [-0.15, -0.1) is 0 Å². The summed E-state index contributed by atoms with van der Waals surface area (Å²) in [5, 5.41) is 20.5. The van der Waals surface area contributed by atoms with Crippen LogP contribution in [0.25, 0.3) is 10.8 Å². The lowest BCUT2D eigenvalue weighted by atomic mass is 10.0. The van der Waals surface area contributed by atoms with Gasteiger partial charge >= 0.3 is 5.97 Å². The van der Waals surface area contributed by atoms with E-state index in [1.165, 1.54) is 6.20 Å². The molecule has 8 nitrogen and oxygen atoms in total. The minimum absolute atomic E-state index is 0.126. The molecule has 5 N–H and O–H groups in total. The minimum atomic E-state index is -1.07. The van der Waals surface area contributed by atoms with E-state index in [1.807, 2.05) is 13.8 Å². The van der Waals surface area contributed by atoms with E-state index in [0.717, 1.165) is 4.42 Å². The smallest absolute Gasteiger partial charge is 0.326 e. The van der Waals surface area contributed by atoms with Gasteiger partial charge in [-0.3, -0.25) is 15.2 Å². The van der Waals surface area contributed by atoms with Crippen molar-refractivity contribution in [2.24, 2.45) is 11.7 Å². The molecule has 9 heteroatoms. The van der Waals surface area contributed by atoms with Crippen LogP contribution in [0.15, 0.2) is 30.6 Å². The van der Waals surface area contributed by atoms with Crippen LogP contribution in [0.4, 0.5) is 5.69 Å². The Kier molecular flexibility index (Phi) is 5.99. The van der Waals surface area contributed by atoms with Gasteiger partial charge in [0.05, 0.1) is 11.9 Å². The van der Waals surface area contributed by atoms with E-state index in [1.54, 1.807) is 24.4 Å². The summed E-state index contributed by atoms with van der Waals surface area (Å²) in [7, 11) is 0. The molecule has 2 aromatic rings. The number of hydrogen-bond donors (Lipinski definition) is 4. The number of carbonyl (C=O) groups is 2. The molecule has 0 saturated heterocycles. The Bertz CT molecular complexity index is 855. The van der Waals surface area contributed by atoms with Gasteiger partial charge in [0, 0.05) is 34.3 Å². The van der Waals surface area contributed by atoms with Crippen LogP contribution in [0.3, 0.4) is 0 Å². The lowest BCUT2D eigenvalue weighted by Crippen LogP contribution is -2.41. The van der Waals surface area contributed by atoms with E-state index in [9.17, 15) is 14.7 Å². The number of carbonyl (C=O) groups excluding carboxylic acids is 1. The molecule has 0 spiro atoms. The molecule has 1 atom stereocenters. The first-order valence-corrected chi connectivity index (χ1v) is 8.26. The highest BCUT2D eigenvalue weighted by Crippen LogP contribution is 2.27. The van der Waals surface area contributed by atoms with Crippen molar-refractivity contribution in [3.05, 3.63) is 36.2 Å². The fraction of sp³-hybridized carbons (Fsp3) is 0.294. The highest BCUT2D eigenvalue weighted by Gasteiger charge is 2.22. The third-order valence-corrected chi connectivity index (χ3v) is 4.10. The lowest BCUT2D eigenvalue weighted by Gasteiger charge is -2.17. The Morgan fingerprint density at radius 1 is 1.38 bits per heavy atom. The maximum absolute atomic E-state index is 12.4. The first-order chi connectivity index (χ1) is 12.2. The van der Waals surface area contributed by atoms with E-state index < -0.39 is 17.9 Å². The number of pyridine rings is 1. The van der Waals surface area contributed by atoms with Gasteiger partial charge in [0.1, 0.15) is 6.04 Å². The van der Waals surface area contributed by atoms with Gasteiger partial charge < -0.3 is 16.2 Å². The van der Waals surface area contributed by atoms with Crippen LogP contribution in [0, 0.1) is 11.3 Å². The molecule has 0 aliphatic rings. The maximum Gasteiger partial charge on any atom is 0.326 e. The fourth-order valence-electron chi connectivity index (χ4n) is 2.52. The number of amides is 1. The summed E-state index contributed by atoms with van der Waals surface area (Å²) >= 11 is 5.97. The van der Waals surface area contributed by atoms with Crippen molar-refractivity contribution in [1.82, 2.24) is 10.3 Å². The molecule has 26 heavy (non-hydrogen) atoms. The number of aliphatic carboxylic acids is 1. The molecule has 1 amide bonds. The molecule has 0 radical (unpaired) electrons. The predicted octanol–water partition coefficient (Wildman–Crippen LogP) is 2.32. The molecule has 0 aliphatic carbocycles. The number of carboxylic acids is 1. The van der Waals surface area contributed by atoms with Crippen LogP contribution in [-0.4, -0.2) is 34.0 Å². The van der Waals surface area contributed by atoms with Crippen molar-refractivity contribution in [3.63, 3.8) is 0 Å². The van der Waals surface area contributed by atoms with Gasteiger partial charge in [0.25, 0.3) is 5.91 Å². The average Bonchev–Trinajstić information content (AvgIpc) is 2.58. The summed E-state index contributed by atoms with van der Waals surface area (Å²) in [4.78, 5) is 27.8. The van der Waals surface area contributed by atoms with Crippen molar-refractivity contribution in [2.45, 2.75) is 26.3 Å². The number of guanidine groups is 1. The molecule has 0 bridgehead atoms. The molecule has 1 aromatic carbocycles. The Hall–Kier alpha value is -2.87. The van der Waals surface area contributed by atoms with Crippen molar-refractivity contribution in [3.8, 4) is 0 Å². The maximum atomic E-state index is 12.4. The third-order valence-electron chi connectivity index (χ3n) is 3.73. The topological polar surface area (TPSA) is 132 Å². The monoisotopic (exact) mass is 377 g/mol. The van der Waals surface area contributed by atoms with Gasteiger partial charge in [-0.05, 0) is 24.5 Å². The number of nitrogens with zero attached hydrogens (tertiary/aromatic N) is 2. The zero-order valence-electron chi connectivity index (χ0n) is 14.4. The Balaban J connectivity index is 2.32. The number of aromatic nitrogens is 1. The third kappa shape index (κ3) is 4.40. The number of halogens is 1. The van der Waals surface area contributed by atoms with Gasteiger partial charge in [-0.25, -0.2) is 9.21 Å². The zero-order chi connectivity index (χ0) is 19.4. The van der Waals surface area contributed by atoms with Crippen LogP contribution in [0.1, 0.15) is 30.6 Å². The molecule has 0 unspecified atom stereocenters. The van der Waals surface area contributed by atoms with E-state index in [4.69, 9.17) is 22.9 Å². The fourth-order valence-corrected chi connectivity index (χ4v) is 2.66. The first kappa shape index (κ1) is 19.5. The second-order valence-electron chi connectivity index (χ2n) is 6.25. The Labute approximate surface area is 155 Å². The van der Waals surface area contributed by atoms with Gasteiger partial charge in [-0.2, -0.15) is 0 Å². The number of nitrogens with two attached hydrogens (primary N) is 1. The van der Waals surface area contributed by atoms with Crippen LogP contribution in [-0.2, 0) is 4.79 Å². The van der Waals surface area contributed by atoms with E-state index in [2.05, 4.69) is 10.3 Å². The van der Waals surface area contributed by atoms with E-state index in [0.29, 0.717) is 28.4 Å². The SMILES string of the molecule is CC(C)C[C@H](NC(=O)c1ccc2c(N(Cl)C(=N)N)cncc2c1)C(=O)O. The molecule has 0 saturated carbocycles. The van der Waals surface area contributed by atoms with Gasteiger partial charge in [0.2, 0.25) is 5.96 Å². The molecule has 1 aromatic heterocycles. The Morgan fingerprint density at radius 3 is 2.65 bits per heavy atom. The number of rotatable bonds is 6. The molecule has 138 valence electrons. The van der Waals surface area contributed by atoms with Crippen LogP contribution in [0.2, 0.25) is 0 Å². The van der Waals surface area contributed by atoms with Crippen molar-refractivity contribution < 1.29 is 14.7 Å². The minimum Gasteiger partial charge on any atom is -0.480 e. The lowest BCUT2D eigenvalue weighted by molar-refractivity contribution is -0.139. The number of nitrogens with one attached hydrogen (secondary N) is 2. The standard InChI is InChI=1S/C17H20ClN5O3/c1-9(2)5-13(16(25)26)22-15(24)10-3-4-12-11(6-10)7-21-8-14(12)23(18)17(19)20/h3-4,6-9,13H,5H2,1-2H3,(H3,19,20)(H,22,24)(H,25,26)/t13-/m0/s1. The molecule has 2 rings (SSSR count). The predicted molar refractivity (Wildman–Crippen MR) is 100 cm³/mol. The number of fused-ring (bicyclic) bond motifs is 1. The summed E-state index contributed by atoms with van der Waals surface area (Å²) < 4.78 is 0.957. The highest BCUT2D eigenvalue weighted by atomic mass is 35.5. The van der Waals surface area contributed by atoms with Crippen LogP contribution >= 0.6 is 11.8 Å². The van der Waals surface area contributed by atoms with Crippen molar-refractivity contribution in [2.75, 3.05) is 4.42 Å². The Morgan fingerprint density at radius 2 is 2.08 bits per heavy atom. The number of carboxylic acid groups (broad SMARTS) is 1. The number of anilines is 1. The number of hydrogen-bond acceptors (Lipinski definition) is 4. The van der Waals surface area contributed by atoms with Crippen LogP contribution in [0.5, 0.6) is 0 Å². The first-order valence-electron chi connectivity index (χ1n) is 7.92. The summed E-state index contributed by atoms with van der Waals surface area (Å²) in [5.41, 5.74) is 6.10. The molecular formula is C17H20ClN5O3. The van der Waals surface area contributed by atoms with E-state index >= 15 is 0 Å². The average molecular weight is 378 g/mol. The van der Waals surface area contributed by atoms with Gasteiger partial charge in [0.15, 0.2) is 0 Å². The molecular weight excluding hydrogens is 358 g/mol. The second-order valence-corrected chi connectivity index (χ2v) is 6.59. The summed E-state index contributed by atoms with van der Waals surface area (Å²) in [6.45, 7) is 3.77. The highest BCUT2D eigenvalue weighted by molar-refractivity contribution is 6.38. The summed E-state index contributed by atoms with van der Waals surface area (Å²) in [6.07, 6.45) is 3.34. The molecule has 0 aliphatic heterocycles. The normalized spacial score (nSPS) is 12.0. The van der Waals surface area contributed by atoms with E-state index in [-0.39, 0.29) is 11.9 Å².